The van der Waals surface area contributed by atoms with Crippen molar-refractivity contribution in [2.24, 2.45) is 5.10 Å². The number of rotatable bonds is 6. The highest BCUT2D eigenvalue weighted by Crippen LogP contribution is 2.16. The second-order valence-corrected chi connectivity index (χ2v) is 7.08. The van der Waals surface area contributed by atoms with Crippen molar-refractivity contribution in [3.05, 3.63) is 98.6 Å². The monoisotopic (exact) mass is 481 g/mol. The molecule has 1 N–H and O–H groups in total. The average Bonchev–Trinajstić information content (AvgIpc) is 2.73. The summed E-state index contributed by atoms with van der Waals surface area (Å²) in [4.78, 5) is 12.1. The molecule has 0 heterocycles. The van der Waals surface area contributed by atoms with Crippen molar-refractivity contribution in [1.29, 1.82) is 5.26 Å². The van der Waals surface area contributed by atoms with Gasteiger partial charge in [0.1, 0.15) is 12.4 Å². The number of benzene rings is 3. The molecule has 0 unspecified atom stereocenters. The number of hydrazone groups is 1. The minimum Gasteiger partial charge on any atom is -0.489 e. The predicted octanol–water partition coefficient (Wildman–Crippen LogP) is 4.51. The van der Waals surface area contributed by atoms with Gasteiger partial charge in [-0.05, 0) is 70.6 Å². The summed E-state index contributed by atoms with van der Waals surface area (Å²) in [7, 11) is 0. The second-order valence-electron chi connectivity index (χ2n) is 5.84. The summed E-state index contributed by atoms with van der Waals surface area (Å²) in [6, 6.07) is 24.1. The van der Waals surface area contributed by atoms with Crippen LogP contribution in [0.4, 0.5) is 0 Å². The van der Waals surface area contributed by atoms with Gasteiger partial charge in [0.15, 0.2) is 0 Å². The molecule has 1 amide bonds. The largest absolute Gasteiger partial charge is 0.489 e. The minimum absolute atomic E-state index is 0.270. The molecule has 0 fully saturated rings. The van der Waals surface area contributed by atoms with Crippen LogP contribution in [-0.2, 0) is 6.61 Å². The molecule has 0 radical (unpaired) electrons. The lowest BCUT2D eigenvalue weighted by molar-refractivity contribution is 0.0955. The summed E-state index contributed by atoms with van der Waals surface area (Å²) >= 11 is 2.18. The highest BCUT2D eigenvalue weighted by molar-refractivity contribution is 14.1. The quantitative estimate of drug-likeness (QED) is 0.320. The van der Waals surface area contributed by atoms with E-state index in [1.165, 1.54) is 0 Å². The topological polar surface area (TPSA) is 74.5 Å². The fourth-order valence-corrected chi connectivity index (χ4v) is 2.79. The van der Waals surface area contributed by atoms with Crippen LogP contribution in [0.5, 0.6) is 5.75 Å². The summed E-state index contributed by atoms with van der Waals surface area (Å²) in [6.07, 6.45) is 1.56. The van der Waals surface area contributed by atoms with E-state index in [4.69, 9.17) is 10.00 Å². The van der Waals surface area contributed by atoms with E-state index in [0.717, 1.165) is 14.7 Å². The zero-order valence-electron chi connectivity index (χ0n) is 14.8. The number of carbonyl (C=O) groups is 1. The number of hydrogen-bond donors (Lipinski definition) is 1. The van der Waals surface area contributed by atoms with Crippen LogP contribution < -0.4 is 10.2 Å². The third-order valence-electron chi connectivity index (χ3n) is 3.88. The number of amides is 1. The van der Waals surface area contributed by atoms with Crippen molar-refractivity contribution < 1.29 is 9.53 Å². The first-order valence-corrected chi connectivity index (χ1v) is 9.53. The van der Waals surface area contributed by atoms with Crippen LogP contribution in [0.3, 0.4) is 0 Å². The molecule has 5 nitrogen and oxygen atoms in total. The molecule has 0 aliphatic carbocycles. The molecule has 0 bridgehead atoms. The van der Waals surface area contributed by atoms with Gasteiger partial charge in [0.2, 0.25) is 0 Å². The SMILES string of the molecule is N#Cc1ccccc1COc1cccc(/C=N\NC(=O)c2ccc(I)cc2)c1. The summed E-state index contributed by atoms with van der Waals surface area (Å²) in [6.45, 7) is 0.299. The Balaban J connectivity index is 1.60. The second kappa shape index (κ2) is 9.67. The first kappa shape index (κ1) is 19.6. The maximum absolute atomic E-state index is 12.1. The van der Waals surface area contributed by atoms with E-state index in [9.17, 15) is 4.79 Å². The van der Waals surface area contributed by atoms with E-state index in [2.05, 4.69) is 39.2 Å². The zero-order valence-corrected chi connectivity index (χ0v) is 17.0. The lowest BCUT2D eigenvalue weighted by atomic mass is 10.1. The van der Waals surface area contributed by atoms with Gasteiger partial charge >= 0.3 is 0 Å². The molecule has 0 spiro atoms. The molecule has 0 saturated carbocycles. The van der Waals surface area contributed by atoms with Crippen LogP contribution >= 0.6 is 22.6 Å². The number of carbonyl (C=O) groups excluding carboxylic acids is 1. The van der Waals surface area contributed by atoms with Crippen molar-refractivity contribution in [3.8, 4) is 11.8 Å². The molecule has 6 heteroatoms. The standard InChI is InChI=1S/C22H16IN3O2/c23-20-10-8-17(9-11-20)22(27)26-25-14-16-4-3-7-21(12-16)28-15-19-6-2-1-5-18(19)13-24/h1-12,14H,15H2,(H,26,27)/b25-14-. The van der Waals surface area contributed by atoms with Gasteiger partial charge in [0.25, 0.3) is 5.91 Å². The number of halogens is 1. The predicted molar refractivity (Wildman–Crippen MR) is 116 cm³/mol. The number of nitrogens with zero attached hydrogens (tertiary/aromatic N) is 2. The Morgan fingerprint density at radius 3 is 2.68 bits per heavy atom. The normalized spacial score (nSPS) is 10.4. The Kier molecular flexibility index (Phi) is 6.76. The van der Waals surface area contributed by atoms with Gasteiger partial charge in [-0.25, -0.2) is 5.43 Å². The molecule has 3 aromatic carbocycles. The van der Waals surface area contributed by atoms with Gasteiger partial charge in [-0.15, -0.1) is 0 Å². The van der Waals surface area contributed by atoms with Gasteiger partial charge in [0, 0.05) is 14.7 Å². The highest BCUT2D eigenvalue weighted by atomic mass is 127. The van der Waals surface area contributed by atoms with E-state index < -0.39 is 0 Å². The van der Waals surface area contributed by atoms with Crippen molar-refractivity contribution in [3.63, 3.8) is 0 Å². The Morgan fingerprint density at radius 1 is 1.11 bits per heavy atom. The Bertz CT molecular complexity index is 1040. The molecule has 3 rings (SSSR count). The lowest BCUT2D eigenvalue weighted by Crippen LogP contribution is -2.17. The van der Waals surface area contributed by atoms with Gasteiger partial charge < -0.3 is 4.74 Å². The first-order chi connectivity index (χ1) is 13.7. The number of nitrogens with one attached hydrogen (secondary N) is 1. The molecule has 0 aromatic heterocycles. The molecule has 0 aliphatic rings. The first-order valence-electron chi connectivity index (χ1n) is 8.45. The Morgan fingerprint density at radius 2 is 1.89 bits per heavy atom. The van der Waals surface area contributed by atoms with Crippen LogP contribution in [0.1, 0.15) is 27.0 Å². The summed E-state index contributed by atoms with van der Waals surface area (Å²) in [5.74, 6) is 0.383. The zero-order chi connectivity index (χ0) is 19.8. The van der Waals surface area contributed by atoms with Crippen LogP contribution in [0.2, 0.25) is 0 Å². The maximum Gasteiger partial charge on any atom is 0.271 e. The number of ether oxygens (including phenoxy) is 1. The molecule has 138 valence electrons. The van der Waals surface area contributed by atoms with Crippen molar-refractivity contribution in [2.75, 3.05) is 0 Å². The van der Waals surface area contributed by atoms with Gasteiger partial charge in [0.05, 0.1) is 17.8 Å². The maximum atomic E-state index is 12.1. The smallest absolute Gasteiger partial charge is 0.271 e. The number of hydrogen-bond acceptors (Lipinski definition) is 4. The lowest BCUT2D eigenvalue weighted by Gasteiger charge is -2.08. The molecule has 0 aliphatic heterocycles. The number of nitriles is 1. The highest BCUT2D eigenvalue weighted by Gasteiger charge is 2.04. The van der Waals surface area contributed by atoms with Crippen molar-refractivity contribution >= 4 is 34.7 Å². The van der Waals surface area contributed by atoms with E-state index in [-0.39, 0.29) is 5.91 Å². The molecule has 0 atom stereocenters. The minimum atomic E-state index is -0.270. The van der Waals surface area contributed by atoms with Crippen LogP contribution in [0.15, 0.2) is 77.9 Å². The van der Waals surface area contributed by atoms with Crippen molar-refractivity contribution in [2.45, 2.75) is 6.61 Å². The third-order valence-corrected chi connectivity index (χ3v) is 4.60. The summed E-state index contributed by atoms with van der Waals surface area (Å²) < 4.78 is 6.84. The van der Waals surface area contributed by atoms with E-state index in [1.807, 2.05) is 54.6 Å². The van der Waals surface area contributed by atoms with Crippen LogP contribution in [-0.4, -0.2) is 12.1 Å². The fourth-order valence-electron chi connectivity index (χ4n) is 2.43. The van der Waals surface area contributed by atoms with Gasteiger partial charge in [-0.1, -0.05) is 30.3 Å². The molecular weight excluding hydrogens is 465 g/mol. The van der Waals surface area contributed by atoms with Crippen LogP contribution in [0, 0.1) is 14.9 Å². The summed E-state index contributed by atoms with van der Waals surface area (Å²) in [5.41, 5.74) is 5.27. The van der Waals surface area contributed by atoms with E-state index in [1.54, 1.807) is 24.4 Å². The van der Waals surface area contributed by atoms with Crippen LogP contribution in [0.25, 0.3) is 0 Å². The fraction of sp³-hybridized carbons (Fsp3) is 0.0455. The van der Waals surface area contributed by atoms with E-state index in [0.29, 0.717) is 23.5 Å². The average molecular weight is 481 g/mol. The summed E-state index contributed by atoms with van der Waals surface area (Å²) in [5, 5.41) is 13.1. The van der Waals surface area contributed by atoms with Gasteiger partial charge in [-0.3, -0.25) is 4.79 Å². The molecule has 3 aromatic rings. The van der Waals surface area contributed by atoms with Gasteiger partial charge in [-0.2, -0.15) is 10.4 Å². The Hall–Kier alpha value is -3.18. The molecule has 0 saturated heterocycles. The molecule has 28 heavy (non-hydrogen) atoms. The Labute approximate surface area is 176 Å². The third kappa shape index (κ3) is 5.41. The molecular formula is C22H16IN3O2. The van der Waals surface area contributed by atoms with Crippen molar-refractivity contribution in [1.82, 2.24) is 5.43 Å². The van der Waals surface area contributed by atoms with E-state index >= 15 is 0 Å².